The summed E-state index contributed by atoms with van der Waals surface area (Å²) in [5.74, 6) is 0. The maximum Gasteiger partial charge on any atom is 0.0689 e. The predicted molar refractivity (Wildman–Crippen MR) is 54.7 cm³/mol. The number of hydrogen-bond donors (Lipinski definition) is 2. The Balaban J connectivity index is 4.49. The SMILES string of the molecule is CC(O)C(CO)N(C(C)C)C(C)C. The van der Waals surface area contributed by atoms with Gasteiger partial charge in [-0.2, -0.15) is 0 Å². The molecule has 3 nitrogen and oxygen atoms in total. The number of hydrogen-bond acceptors (Lipinski definition) is 3. The molecule has 2 atom stereocenters. The molecule has 0 saturated heterocycles. The van der Waals surface area contributed by atoms with E-state index in [2.05, 4.69) is 32.6 Å². The number of nitrogens with zero attached hydrogens (tertiary/aromatic N) is 1. The molecule has 0 heterocycles. The molecule has 2 N–H and O–H groups in total. The van der Waals surface area contributed by atoms with Gasteiger partial charge in [-0.15, -0.1) is 0 Å². The zero-order valence-electron chi connectivity index (χ0n) is 9.36. The molecule has 0 fully saturated rings. The van der Waals surface area contributed by atoms with Crippen molar-refractivity contribution in [2.75, 3.05) is 6.61 Å². The van der Waals surface area contributed by atoms with Crippen LogP contribution in [0.15, 0.2) is 0 Å². The van der Waals surface area contributed by atoms with E-state index in [-0.39, 0.29) is 12.6 Å². The smallest absolute Gasteiger partial charge is 0.0689 e. The van der Waals surface area contributed by atoms with Crippen LogP contribution in [0.2, 0.25) is 0 Å². The Bertz CT molecular complexity index is 127. The molecule has 0 bridgehead atoms. The second kappa shape index (κ2) is 5.58. The largest absolute Gasteiger partial charge is 0.395 e. The van der Waals surface area contributed by atoms with Crippen molar-refractivity contribution >= 4 is 0 Å². The Labute approximate surface area is 81.4 Å². The fraction of sp³-hybridized carbons (Fsp3) is 1.00. The quantitative estimate of drug-likeness (QED) is 0.674. The highest BCUT2D eigenvalue weighted by molar-refractivity contribution is 4.80. The minimum Gasteiger partial charge on any atom is -0.395 e. The first-order valence-electron chi connectivity index (χ1n) is 4.98. The van der Waals surface area contributed by atoms with Gasteiger partial charge in [0.05, 0.1) is 18.8 Å². The first kappa shape index (κ1) is 12.9. The highest BCUT2D eigenvalue weighted by Crippen LogP contribution is 2.13. The van der Waals surface area contributed by atoms with E-state index < -0.39 is 6.10 Å². The van der Waals surface area contributed by atoms with Crippen LogP contribution in [0.25, 0.3) is 0 Å². The standard InChI is InChI=1S/C10H23NO2/c1-7(2)11(8(3)4)10(6-12)9(5)13/h7-10,12-13H,6H2,1-5H3. The molecular weight excluding hydrogens is 166 g/mol. The van der Waals surface area contributed by atoms with E-state index in [0.29, 0.717) is 12.1 Å². The fourth-order valence-corrected chi connectivity index (χ4v) is 1.86. The molecule has 80 valence electrons. The first-order chi connectivity index (χ1) is 5.91. The number of rotatable bonds is 5. The molecule has 0 saturated carbocycles. The van der Waals surface area contributed by atoms with E-state index in [9.17, 15) is 5.11 Å². The minimum atomic E-state index is -0.491. The average Bonchev–Trinajstić information content (AvgIpc) is 1.97. The van der Waals surface area contributed by atoms with E-state index in [0.717, 1.165) is 0 Å². The summed E-state index contributed by atoms with van der Waals surface area (Å²) < 4.78 is 0. The molecule has 3 heteroatoms. The van der Waals surface area contributed by atoms with Gasteiger partial charge in [-0.3, -0.25) is 4.90 Å². The molecular formula is C10H23NO2. The second-order valence-electron chi connectivity index (χ2n) is 4.13. The lowest BCUT2D eigenvalue weighted by Gasteiger charge is -2.38. The molecule has 0 radical (unpaired) electrons. The predicted octanol–water partition coefficient (Wildman–Crippen LogP) is 0.847. The normalized spacial score (nSPS) is 17.1. The summed E-state index contributed by atoms with van der Waals surface area (Å²) in [6.07, 6.45) is -0.491. The van der Waals surface area contributed by atoms with Crippen molar-refractivity contribution in [2.45, 2.75) is 58.8 Å². The summed E-state index contributed by atoms with van der Waals surface area (Å²) in [6, 6.07) is 0.526. The number of aliphatic hydroxyl groups is 2. The molecule has 0 aromatic rings. The van der Waals surface area contributed by atoms with Gasteiger partial charge in [0.2, 0.25) is 0 Å². The summed E-state index contributed by atoms with van der Waals surface area (Å²) in [5, 5.41) is 18.6. The maximum atomic E-state index is 9.48. The van der Waals surface area contributed by atoms with Crippen molar-refractivity contribution in [3.63, 3.8) is 0 Å². The lowest BCUT2D eigenvalue weighted by molar-refractivity contribution is -0.00755. The zero-order valence-corrected chi connectivity index (χ0v) is 9.36. The Kier molecular flexibility index (Phi) is 5.53. The van der Waals surface area contributed by atoms with Crippen LogP contribution in [0, 0.1) is 0 Å². The summed E-state index contributed by atoms with van der Waals surface area (Å²) >= 11 is 0. The third-order valence-corrected chi connectivity index (χ3v) is 2.32. The second-order valence-corrected chi connectivity index (χ2v) is 4.13. The Hall–Kier alpha value is -0.120. The van der Waals surface area contributed by atoms with Gasteiger partial charge in [-0.1, -0.05) is 0 Å². The molecule has 0 aliphatic rings. The molecule has 2 unspecified atom stereocenters. The van der Waals surface area contributed by atoms with Crippen molar-refractivity contribution < 1.29 is 10.2 Å². The summed E-state index contributed by atoms with van der Waals surface area (Å²) in [4.78, 5) is 2.13. The van der Waals surface area contributed by atoms with E-state index in [1.165, 1.54) is 0 Å². The first-order valence-corrected chi connectivity index (χ1v) is 4.98. The topological polar surface area (TPSA) is 43.7 Å². The Morgan fingerprint density at radius 1 is 1.00 bits per heavy atom. The monoisotopic (exact) mass is 189 g/mol. The van der Waals surface area contributed by atoms with Crippen LogP contribution in [0.4, 0.5) is 0 Å². The van der Waals surface area contributed by atoms with Crippen molar-refractivity contribution in [2.24, 2.45) is 0 Å². The summed E-state index contributed by atoms with van der Waals surface area (Å²) in [6.45, 7) is 10.0. The highest BCUT2D eigenvalue weighted by atomic mass is 16.3. The van der Waals surface area contributed by atoms with Crippen molar-refractivity contribution in [3.05, 3.63) is 0 Å². The Morgan fingerprint density at radius 3 is 1.46 bits per heavy atom. The van der Waals surface area contributed by atoms with E-state index in [1.54, 1.807) is 6.92 Å². The minimum absolute atomic E-state index is 0.00796. The van der Waals surface area contributed by atoms with Gasteiger partial charge in [-0.25, -0.2) is 0 Å². The van der Waals surface area contributed by atoms with Gasteiger partial charge in [0.1, 0.15) is 0 Å². The van der Waals surface area contributed by atoms with Gasteiger partial charge in [0.15, 0.2) is 0 Å². The van der Waals surface area contributed by atoms with Crippen molar-refractivity contribution in [1.29, 1.82) is 0 Å². The summed E-state index contributed by atoms with van der Waals surface area (Å²) in [5.41, 5.74) is 0. The van der Waals surface area contributed by atoms with Crippen LogP contribution in [-0.4, -0.2) is 45.9 Å². The third-order valence-electron chi connectivity index (χ3n) is 2.32. The van der Waals surface area contributed by atoms with Crippen LogP contribution in [-0.2, 0) is 0 Å². The van der Waals surface area contributed by atoms with Crippen LogP contribution in [0.5, 0.6) is 0 Å². The maximum absolute atomic E-state index is 9.48. The van der Waals surface area contributed by atoms with Gasteiger partial charge >= 0.3 is 0 Å². The lowest BCUT2D eigenvalue weighted by Crippen LogP contribution is -2.51. The van der Waals surface area contributed by atoms with Crippen LogP contribution >= 0.6 is 0 Å². The van der Waals surface area contributed by atoms with E-state index in [4.69, 9.17) is 5.11 Å². The third kappa shape index (κ3) is 3.63. The molecule has 0 rings (SSSR count). The van der Waals surface area contributed by atoms with Crippen molar-refractivity contribution in [3.8, 4) is 0 Å². The van der Waals surface area contributed by atoms with Gasteiger partial charge in [-0.05, 0) is 34.6 Å². The number of aliphatic hydroxyl groups excluding tert-OH is 2. The molecule has 0 aliphatic carbocycles. The molecule has 0 amide bonds. The molecule has 0 aromatic heterocycles. The van der Waals surface area contributed by atoms with Crippen LogP contribution in [0.1, 0.15) is 34.6 Å². The average molecular weight is 189 g/mol. The molecule has 0 aromatic carbocycles. The summed E-state index contributed by atoms with van der Waals surface area (Å²) in [7, 11) is 0. The molecule has 13 heavy (non-hydrogen) atoms. The van der Waals surface area contributed by atoms with E-state index >= 15 is 0 Å². The highest BCUT2D eigenvalue weighted by Gasteiger charge is 2.26. The zero-order chi connectivity index (χ0) is 10.6. The van der Waals surface area contributed by atoms with Gasteiger partial charge in [0, 0.05) is 12.1 Å². The molecule has 0 spiro atoms. The van der Waals surface area contributed by atoms with Crippen molar-refractivity contribution in [1.82, 2.24) is 4.90 Å². The molecule has 0 aliphatic heterocycles. The fourth-order valence-electron chi connectivity index (χ4n) is 1.86. The Morgan fingerprint density at radius 2 is 1.38 bits per heavy atom. The van der Waals surface area contributed by atoms with E-state index in [1.807, 2.05) is 0 Å². The van der Waals surface area contributed by atoms with Gasteiger partial charge in [0.25, 0.3) is 0 Å². The van der Waals surface area contributed by atoms with Gasteiger partial charge < -0.3 is 10.2 Å². The lowest BCUT2D eigenvalue weighted by atomic mass is 10.1. The van der Waals surface area contributed by atoms with Crippen LogP contribution < -0.4 is 0 Å². The van der Waals surface area contributed by atoms with Crippen LogP contribution in [0.3, 0.4) is 0 Å².